The molecule has 3 aromatic rings. The van der Waals surface area contributed by atoms with Gasteiger partial charge in [0.25, 0.3) is 0 Å². The zero-order valence-corrected chi connectivity index (χ0v) is 16.9. The molecule has 1 saturated carbocycles. The van der Waals surface area contributed by atoms with Gasteiger partial charge >= 0.3 is 6.03 Å². The van der Waals surface area contributed by atoms with E-state index in [2.05, 4.69) is 31.1 Å². The highest BCUT2D eigenvalue weighted by Crippen LogP contribution is 2.31. The average Bonchev–Trinajstić information content (AvgIpc) is 3.51. The minimum Gasteiger partial charge on any atom is -0.326 e. The van der Waals surface area contributed by atoms with Crippen molar-refractivity contribution in [2.45, 2.75) is 32.7 Å². The summed E-state index contributed by atoms with van der Waals surface area (Å²) in [4.78, 5) is 29.2. The molecular formula is C22H24N6O2. The third kappa shape index (κ3) is 4.65. The van der Waals surface area contributed by atoms with Crippen LogP contribution in [0.25, 0.3) is 0 Å². The van der Waals surface area contributed by atoms with E-state index in [1.54, 1.807) is 6.07 Å². The maximum absolute atomic E-state index is 12.8. The number of carbonyl (C=O) groups excluding carboxylic acids is 2. The van der Waals surface area contributed by atoms with Crippen LogP contribution >= 0.6 is 0 Å². The molecule has 1 aromatic heterocycles. The Labute approximate surface area is 174 Å². The summed E-state index contributed by atoms with van der Waals surface area (Å²) >= 11 is 0. The molecule has 4 N–H and O–H groups in total. The molecule has 3 amide bonds. The van der Waals surface area contributed by atoms with E-state index in [0.29, 0.717) is 23.0 Å². The topological polar surface area (TPSA) is 112 Å². The van der Waals surface area contributed by atoms with Crippen molar-refractivity contribution in [3.63, 3.8) is 0 Å². The number of rotatable bonds is 6. The van der Waals surface area contributed by atoms with Crippen molar-refractivity contribution < 1.29 is 9.59 Å². The van der Waals surface area contributed by atoms with Crippen LogP contribution in [0, 0.1) is 19.8 Å². The minimum absolute atomic E-state index is 0.0263. The monoisotopic (exact) mass is 404 g/mol. The maximum Gasteiger partial charge on any atom is 0.320 e. The second-order valence-corrected chi connectivity index (χ2v) is 7.51. The zero-order chi connectivity index (χ0) is 21.1. The van der Waals surface area contributed by atoms with E-state index < -0.39 is 6.04 Å². The number of anilines is 2. The smallest absolute Gasteiger partial charge is 0.320 e. The van der Waals surface area contributed by atoms with Gasteiger partial charge < -0.3 is 16.0 Å². The lowest BCUT2D eigenvalue weighted by molar-refractivity contribution is -0.117. The molecule has 1 aliphatic carbocycles. The van der Waals surface area contributed by atoms with E-state index in [1.807, 2.05) is 56.3 Å². The number of nitrogens with one attached hydrogen (secondary N) is 4. The molecule has 1 heterocycles. The van der Waals surface area contributed by atoms with Crippen molar-refractivity contribution in [3.8, 4) is 0 Å². The Morgan fingerprint density at radius 2 is 1.83 bits per heavy atom. The number of carbonyl (C=O) groups is 2. The fraction of sp³-hybridized carbons (Fsp3) is 0.273. The van der Waals surface area contributed by atoms with Gasteiger partial charge in [0.2, 0.25) is 5.91 Å². The van der Waals surface area contributed by atoms with Crippen molar-refractivity contribution in [2.24, 2.45) is 5.92 Å². The van der Waals surface area contributed by atoms with Gasteiger partial charge in [-0.05, 0) is 49.9 Å². The first-order chi connectivity index (χ1) is 14.5. The molecule has 8 heteroatoms. The van der Waals surface area contributed by atoms with Crippen LogP contribution in [-0.4, -0.2) is 27.1 Å². The molecule has 0 aliphatic heterocycles. The Balaban J connectivity index is 1.50. The normalized spacial score (nSPS) is 14.1. The first-order valence-electron chi connectivity index (χ1n) is 9.92. The standard InChI is InChI=1S/C22H24N6O2/c1-13-8-11-17(24-21(29)16-9-10-16)12-18(13)25-22(30)26-19(15-6-4-3-5-7-15)20-23-14(2)27-28-20/h3-8,11-12,16,19H,9-10H2,1-2H3,(H,24,29)(H,23,27,28)(H2,25,26,30). The summed E-state index contributed by atoms with van der Waals surface area (Å²) in [7, 11) is 0. The highest BCUT2D eigenvalue weighted by molar-refractivity contribution is 5.96. The summed E-state index contributed by atoms with van der Waals surface area (Å²) in [5, 5.41) is 15.8. The molecule has 1 fully saturated rings. The lowest BCUT2D eigenvalue weighted by Gasteiger charge is -2.18. The SMILES string of the molecule is Cc1nc(C(NC(=O)Nc2cc(NC(=O)C3CC3)ccc2C)c2ccccc2)n[nH]1. The highest BCUT2D eigenvalue weighted by atomic mass is 16.2. The van der Waals surface area contributed by atoms with Crippen molar-refractivity contribution >= 4 is 23.3 Å². The Hall–Kier alpha value is -3.68. The number of aryl methyl sites for hydroxylation is 2. The Kier molecular flexibility index (Phi) is 5.47. The van der Waals surface area contributed by atoms with Gasteiger partial charge in [-0.25, -0.2) is 9.78 Å². The van der Waals surface area contributed by atoms with Crippen molar-refractivity contribution in [3.05, 3.63) is 71.3 Å². The van der Waals surface area contributed by atoms with Gasteiger partial charge in [0, 0.05) is 17.3 Å². The molecule has 2 aromatic carbocycles. The van der Waals surface area contributed by atoms with Crippen LogP contribution in [0.2, 0.25) is 0 Å². The summed E-state index contributed by atoms with van der Waals surface area (Å²) < 4.78 is 0. The van der Waals surface area contributed by atoms with E-state index >= 15 is 0 Å². The van der Waals surface area contributed by atoms with E-state index in [-0.39, 0.29) is 17.9 Å². The maximum atomic E-state index is 12.8. The number of urea groups is 1. The van der Waals surface area contributed by atoms with Gasteiger partial charge in [0.05, 0.1) is 0 Å². The van der Waals surface area contributed by atoms with Crippen LogP contribution in [0.3, 0.4) is 0 Å². The first-order valence-corrected chi connectivity index (χ1v) is 9.92. The number of aromatic amines is 1. The van der Waals surface area contributed by atoms with Crippen LogP contribution in [0.1, 0.15) is 41.7 Å². The average molecular weight is 404 g/mol. The molecule has 154 valence electrons. The summed E-state index contributed by atoms with van der Waals surface area (Å²) in [6.45, 7) is 3.71. The number of aromatic nitrogens is 3. The molecule has 0 spiro atoms. The van der Waals surface area contributed by atoms with Crippen molar-refractivity contribution in [2.75, 3.05) is 10.6 Å². The number of amides is 3. The molecule has 0 radical (unpaired) electrons. The van der Waals surface area contributed by atoms with Crippen LogP contribution in [0.5, 0.6) is 0 Å². The molecular weight excluding hydrogens is 380 g/mol. The van der Waals surface area contributed by atoms with E-state index in [9.17, 15) is 9.59 Å². The third-order valence-corrected chi connectivity index (χ3v) is 4.98. The molecule has 1 aliphatic rings. The largest absolute Gasteiger partial charge is 0.326 e. The van der Waals surface area contributed by atoms with Gasteiger partial charge in [-0.15, -0.1) is 0 Å². The lowest BCUT2D eigenvalue weighted by atomic mass is 10.1. The van der Waals surface area contributed by atoms with E-state index in [4.69, 9.17) is 0 Å². The number of H-pyrrole nitrogens is 1. The summed E-state index contributed by atoms with van der Waals surface area (Å²) in [5.41, 5.74) is 3.05. The molecule has 0 saturated heterocycles. The Morgan fingerprint density at radius 1 is 1.07 bits per heavy atom. The second-order valence-electron chi connectivity index (χ2n) is 7.51. The Bertz CT molecular complexity index is 1060. The van der Waals surface area contributed by atoms with Crippen LogP contribution in [0.4, 0.5) is 16.2 Å². The van der Waals surface area contributed by atoms with Crippen molar-refractivity contribution in [1.29, 1.82) is 0 Å². The zero-order valence-electron chi connectivity index (χ0n) is 16.9. The van der Waals surface area contributed by atoms with E-state index in [1.165, 1.54) is 0 Å². The highest BCUT2D eigenvalue weighted by Gasteiger charge is 2.29. The predicted octanol–water partition coefficient (Wildman–Crippen LogP) is 3.68. The summed E-state index contributed by atoms with van der Waals surface area (Å²) in [5.74, 6) is 1.29. The number of hydrogen-bond donors (Lipinski definition) is 4. The van der Waals surface area contributed by atoms with Crippen molar-refractivity contribution in [1.82, 2.24) is 20.5 Å². The molecule has 8 nitrogen and oxygen atoms in total. The Morgan fingerprint density at radius 3 is 2.50 bits per heavy atom. The number of benzene rings is 2. The fourth-order valence-electron chi connectivity index (χ4n) is 3.15. The van der Waals surface area contributed by atoms with Gasteiger partial charge in [-0.3, -0.25) is 9.89 Å². The molecule has 0 bridgehead atoms. The van der Waals surface area contributed by atoms with E-state index in [0.717, 1.165) is 24.0 Å². The fourth-order valence-corrected chi connectivity index (χ4v) is 3.15. The molecule has 1 atom stereocenters. The third-order valence-electron chi connectivity index (χ3n) is 4.98. The number of nitrogens with zero attached hydrogens (tertiary/aromatic N) is 2. The quantitative estimate of drug-likeness (QED) is 0.502. The van der Waals surface area contributed by atoms with Crippen LogP contribution < -0.4 is 16.0 Å². The van der Waals surface area contributed by atoms with Gasteiger partial charge in [0.15, 0.2) is 5.82 Å². The predicted molar refractivity (Wildman–Crippen MR) is 114 cm³/mol. The molecule has 1 unspecified atom stereocenters. The number of hydrogen-bond acceptors (Lipinski definition) is 4. The van der Waals surface area contributed by atoms with Gasteiger partial charge in [0.1, 0.15) is 11.9 Å². The molecule has 4 rings (SSSR count). The minimum atomic E-state index is -0.505. The van der Waals surface area contributed by atoms with Crippen LogP contribution in [-0.2, 0) is 4.79 Å². The summed E-state index contributed by atoms with van der Waals surface area (Å²) in [6.07, 6.45) is 1.87. The molecule has 30 heavy (non-hydrogen) atoms. The lowest BCUT2D eigenvalue weighted by Crippen LogP contribution is -2.34. The van der Waals surface area contributed by atoms with Gasteiger partial charge in [-0.1, -0.05) is 36.4 Å². The van der Waals surface area contributed by atoms with Crippen LogP contribution in [0.15, 0.2) is 48.5 Å². The second kappa shape index (κ2) is 8.36. The summed E-state index contributed by atoms with van der Waals surface area (Å²) in [6, 6.07) is 14.1. The van der Waals surface area contributed by atoms with Gasteiger partial charge in [-0.2, -0.15) is 5.10 Å². The first kappa shape index (κ1) is 19.6.